The average molecular weight is 331 g/mol. The molecule has 0 atom stereocenters. The molecule has 5 nitrogen and oxygen atoms in total. The molecule has 0 spiro atoms. The molecule has 0 unspecified atom stereocenters. The predicted molar refractivity (Wildman–Crippen MR) is 99.9 cm³/mol. The first-order valence-electron chi connectivity index (χ1n) is 8.07. The van der Waals surface area contributed by atoms with Crippen molar-refractivity contribution in [2.24, 2.45) is 0 Å². The summed E-state index contributed by atoms with van der Waals surface area (Å²) in [5.41, 5.74) is 3.59. The molecule has 0 saturated heterocycles. The lowest BCUT2D eigenvalue weighted by molar-refractivity contribution is -0.116. The summed E-state index contributed by atoms with van der Waals surface area (Å²) >= 11 is 0. The maximum atomic E-state index is 12.4. The normalized spacial score (nSPS) is 11.1. The Balaban J connectivity index is 1.59. The summed E-state index contributed by atoms with van der Waals surface area (Å²) in [6, 6.07) is 16.6. The van der Waals surface area contributed by atoms with Crippen LogP contribution in [0.15, 0.2) is 65.6 Å². The average Bonchev–Trinajstić information content (AvgIpc) is 2.97. The Bertz CT molecular complexity index is 1150. The van der Waals surface area contributed by atoms with Gasteiger partial charge in [-0.25, -0.2) is 0 Å². The van der Waals surface area contributed by atoms with Gasteiger partial charge in [-0.2, -0.15) is 0 Å². The Labute approximate surface area is 143 Å². The number of amides is 1. The summed E-state index contributed by atoms with van der Waals surface area (Å²) in [6.45, 7) is 2.14. The highest BCUT2D eigenvalue weighted by Gasteiger charge is 2.08. The zero-order valence-corrected chi connectivity index (χ0v) is 13.7. The number of aromatic nitrogens is 2. The first-order chi connectivity index (χ1) is 12.1. The van der Waals surface area contributed by atoms with Gasteiger partial charge in [-0.3, -0.25) is 9.59 Å². The molecule has 25 heavy (non-hydrogen) atoms. The molecule has 4 rings (SSSR count). The summed E-state index contributed by atoms with van der Waals surface area (Å²) in [5, 5.41) is 4.59. The van der Waals surface area contributed by atoms with E-state index in [-0.39, 0.29) is 17.9 Å². The Morgan fingerprint density at radius 1 is 1.12 bits per heavy atom. The van der Waals surface area contributed by atoms with Crippen molar-refractivity contribution in [3.63, 3.8) is 0 Å². The summed E-state index contributed by atoms with van der Waals surface area (Å²) in [6.07, 6.45) is 1.66. The highest BCUT2D eigenvalue weighted by molar-refractivity contribution is 5.94. The van der Waals surface area contributed by atoms with E-state index in [9.17, 15) is 9.59 Å². The number of aryl methyl sites for hydroxylation is 1. The molecular weight excluding hydrogens is 314 g/mol. The van der Waals surface area contributed by atoms with Gasteiger partial charge in [-0.05, 0) is 43.3 Å². The molecule has 4 aromatic rings. The maximum absolute atomic E-state index is 12.4. The number of carbonyl (C=O) groups is 1. The van der Waals surface area contributed by atoms with Gasteiger partial charge >= 0.3 is 0 Å². The lowest BCUT2D eigenvalue weighted by atomic mass is 10.2. The number of para-hydroxylation sites is 1. The number of hydrogen-bond donors (Lipinski definition) is 2. The molecule has 0 radical (unpaired) electrons. The fourth-order valence-electron chi connectivity index (χ4n) is 3.11. The molecule has 0 bridgehead atoms. The Morgan fingerprint density at radius 3 is 2.84 bits per heavy atom. The van der Waals surface area contributed by atoms with Crippen LogP contribution in [0.3, 0.4) is 0 Å². The van der Waals surface area contributed by atoms with Crippen LogP contribution in [0.5, 0.6) is 0 Å². The second-order valence-electron chi connectivity index (χ2n) is 6.13. The first-order valence-corrected chi connectivity index (χ1v) is 8.07. The van der Waals surface area contributed by atoms with E-state index in [1.807, 2.05) is 49.4 Å². The Hall–Kier alpha value is -3.34. The number of hydrogen-bond acceptors (Lipinski definition) is 2. The van der Waals surface area contributed by atoms with Crippen molar-refractivity contribution < 1.29 is 4.79 Å². The second-order valence-corrected chi connectivity index (χ2v) is 6.13. The summed E-state index contributed by atoms with van der Waals surface area (Å²) < 4.78 is 1.78. The van der Waals surface area contributed by atoms with Gasteiger partial charge in [0.25, 0.3) is 0 Å². The number of H-pyrrole nitrogens is 1. The lowest BCUT2D eigenvalue weighted by Crippen LogP contribution is -2.20. The fraction of sp³-hybridized carbons (Fsp3) is 0.100. The Morgan fingerprint density at radius 2 is 1.96 bits per heavy atom. The quantitative estimate of drug-likeness (QED) is 0.604. The number of nitrogens with one attached hydrogen (secondary N) is 2. The smallest absolute Gasteiger partial charge is 0.244 e. The highest BCUT2D eigenvalue weighted by atomic mass is 16.2. The minimum atomic E-state index is -0.139. The monoisotopic (exact) mass is 331 g/mol. The van der Waals surface area contributed by atoms with Gasteiger partial charge in [0.15, 0.2) is 5.43 Å². The van der Waals surface area contributed by atoms with E-state index in [2.05, 4.69) is 10.3 Å². The van der Waals surface area contributed by atoms with Crippen molar-refractivity contribution in [1.82, 2.24) is 9.55 Å². The van der Waals surface area contributed by atoms with Crippen molar-refractivity contribution in [2.75, 3.05) is 5.32 Å². The van der Waals surface area contributed by atoms with E-state index in [0.717, 1.165) is 27.8 Å². The van der Waals surface area contributed by atoms with Crippen LogP contribution in [0.2, 0.25) is 0 Å². The molecule has 0 aliphatic carbocycles. The topological polar surface area (TPSA) is 66.9 Å². The summed E-state index contributed by atoms with van der Waals surface area (Å²) in [4.78, 5) is 27.6. The maximum Gasteiger partial charge on any atom is 0.244 e. The van der Waals surface area contributed by atoms with E-state index in [1.165, 1.54) is 6.07 Å². The standard InChI is InChI=1S/C20H17N3O2/c1-13-10-14-11-15(6-7-17(14)21-13)22-20(25)12-23-9-8-19(24)16-4-2-3-5-18(16)23/h2-11,21H,12H2,1H3,(H,22,25). The van der Waals surface area contributed by atoms with Gasteiger partial charge in [-0.1, -0.05) is 12.1 Å². The van der Waals surface area contributed by atoms with Crippen molar-refractivity contribution in [3.8, 4) is 0 Å². The number of pyridine rings is 1. The molecule has 5 heteroatoms. The van der Waals surface area contributed by atoms with Crippen LogP contribution in [0, 0.1) is 6.92 Å². The number of fused-ring (bicyclic) bond motifs is 2. The van der Waals surface area contributed by atoms with E-state index in [0.29, 0.717) is 5.39 Å². The number of benzene rings is 2. The number of anilines is 1. The second kappa shape index (κ2) is 5.94. The van der Waals surface area contributed by atoms with E-state index in [4.69, 9.17) is 0 Å². The zero-order chi connectivity index (χ0) is 17.4. The molecule has 0 aliphatic rings. The van der Waals surface area contributed by atoms with Crippen LogP contribution in [-0.4, -0.2) is 15.5 Å². The third kappa shape index (κ3) is 2.92. The van der Waals surface area contributed by atoms with Crippen LogP contribution in [-0.2, 0) is 11.3 Å². The first kappa shape index (κ1) is 15.2. The molecular formula is C20H17N3O2. The summed E-state index contributed by atoms with van der Waals surface area (Å²) in [5.74, 6) is -0.139. The SMILES string of the molecule is Cc1cc2cc(NC(=O)Cn3ccc(=O)c4ccccc43)ccc2[nH]1. The molecule has 2 heterocycles. The van der Waals surface area contributed by atoms with Crippen molar-refractivity contribution >= 4 is 33.4 Å². The highest BCUT2D eigenvalue weighted by Crippen LogP contribution is 2.20. The van der Waals surface area contributed by atoms with E-state index in [1.54, 1.807) is 16.8 Å². The molecule has 0 aliphatic heterocycles. The molecule has 2 aromatic carbocycles. The minimum absolute atomic E-state index is 0.0412. The van der Waals surface area contributed by atoms with E-state index < -0.39 is 0 Å². The molecule has 2 aromatic heterocycles. The van der Waals surface area contributed by atoms with Gasteiger partial charge in [0.2, 0.25) is 5.91 Å². The van der Waals surface area contributed by atoms with Crippen molar-refractivity contribution in [1.29, 1.82) is 0 Å². The number of nitrogens with zero attached hydrogens (tertiary/aromatic N) is 1. The number of carbonyl (C=O) groups excluding carboxylic acids is 1. The zero-order valence-electron chi connectivity index (χ0n) is 13.7. The van der Waals surface area contributed by atoms with Crippen LogP contribution in [0.1, 0.15) is 5.69 Å². The lowest BCUT2D eigenvalue weighted by Gasteiger charge is -2.11. The van der Waals surface area contributed by atoms with Crippen LogP contribution < -0.4 is 10.7 Å². The van der Waals surface area contributed by atoms with Gasteiger partial charge < -0.3 is 14.9 Å². The Kier molecular flexibility index (Phi) is 3.61. The van der Waals surface area contributed by atoms with Gasteiger partial charge in [0.05, 0.1) is 5.52 Å². The molecule has 1 amide bonds. The molecule has 124 valence electrons. The fourth-order valence-corrected chi connectivity index (χ4v) is 3.11. The van der Waals surface area contributed by atoms with Gasteiger partial charge in [0, 0.05) is 39.9 Å². The molecule has 2 N–H and O–H groups in total. The van der Waals surface area contributed by atoms with Crippen LogP contribution in [0.25, 0.3) is 21.8 Å². The minimum Gasteiger partial charge on any atom is -0.359 e. The van der Waals surface area contributed by atoms with Crippen LogP contribution >= 0.6 is 0 Å². The third-order valence-corrected chi connectivity index (χ3v) is 4.24. The largest absolute Gasteiger partial charge is 0.359 e. The third-order valence-electron chi connectivity index (χ3n) is 4.24. The van der Waals surface area contributed by atoms with Crippen LogP contribution in [0.4, 0.5) is 5.69 Å². The van der Waals surface area contributed by atoms with Crippen molar-refractivity contribution in [2.45, 2.75) is 13.5 Å². The summed E-state index contributed by atoms with van der Waals surface area (Å²) in [7, 11) is 0. The van der Waals surface area contributed by atoms with E-state index >= 15 is 0 Å². The van der Waals surface area contributed by atoms with Crippen molar-refractivity contribution in [3.05, 3.63) is 76.7 Å². The molecule has 0 saturated carbocycles. The van der Waals surface area contributed by atoms with Gasteiger partial charge in [0.1, 0.15) is 6.54 Å². The number of aromatic amines is 1. The number of rotatable bonds is 3. The predicted octanol–water partition coefficient (Wildman–Crippen LogP) is 3.43. The van der Waals surface area contributed by atoms with Gasteiger partial charge in [-0.15, -0.1) is 0 Å². The molecule has 0 fully saturated rings.